The second-order valence-electron chi connectivity index (χ2n) is 19.2. The number of hydrogen-bond acceptors (Lipinski definition) is 7. The zero-order valence-electron chi connectivity index (χ0n) is 45.1. The number of ether oxygens (including phenoxy) is 4. The molecule has 0 heterocycles. The lowest BCUT2D eigenvalue weighted by molar-refractivity contribution is -0.870. The molecule has 0 saturated carbocycles. The van der Waals surface area contributed by atoms with Crippen molar-refractivity contribution < 1.29 is 42.9 Å². The predicted octanol–water partition coefficient (Wildman–Crippen LogP) is 15.9. The van der Waals surface area contributed by atoms with Gasteiger partial charge < -0.3 is 28.5 Å². The highest BCUT2D eigenvalue weighted by Crippen LogP contribution is 2.13. The number of rotatable bonds is 49. The van der Waals surface area contributed by atoms with E-state index in [1.165, 1.54) is 70.6 Å². The second kappa shape index (κ2) is 51.3. The van der Waals surface area contributed by atoms with Crippen LogP contribution < -0.4 is 0 Å². The highest BCUT2D eigenvalue weighted by molar-refractivity contribution is 5.71. The van der Waals surface area contributed by atoms with E-state index in [9.17, 15) is 19.5 Å². The lowest BCUT2D eigenvalue weighted by atomic mass is 10.1. The number of hydrogen-bond donors (Lipinski definition) is 1. The van der Waals surface area contributed by atoms with Crippen LogP contribution in [-0.4, -0.2) is 87.4 Å². The third-order valence-corrected chi connectivity index (χ3v) is 11.3. The standard InChI is InChI=1S/C61H101NO8/c1-6-8-10-12-14-16-18-20-22-24-26-27-28-29-30-31-32-33-34-36-38-40-42-44-46-48-50-52-59(64)70-57(56-69-61(60(65)66)67-54-53-62(3,4)5)55-68-58(63)51-49-47-45-43-41-39-37-35-25-23-21-19-17-15-13-11-9-7-2/h8,10,14,16,20,22-23,25-27,29-30,32-33,36,38,42,44,57,61H,6-7,9,11-13,15,17-19,21,24,28,31,34-35,37,39-41,43,45-56H2,1-5H3/p+1/b10-8-,16-14-,22-20-,25-23-,27-26-,30-29-,33-32-,38-36-,44-42-. The van der Waals surface area contributed by atoms with Crippen LogP contribution in [0.5, 0.6) is 0 Å². The number of carboxylic acids is 1. The number of esters is 2. The van der Waals surface area contributed by atoms with Crippen LogP contribution in [-0.2, 0) is 33.3 Å². The third-order valence-electron chi connectivity index (χ3n) is 11.3. The van der Waals surface area contributed by atoms with Gasteiger partial charge in [-0.3, -0.25) is 9.59 Å². The van der Waals surface area contributed by atoms with Crippen molar-refractivity contribution in [3.05, 3.63) is 109 Å². The average molecular weight is 977 g/mol. The summed E-state index contributed by atoms with van der Waals surface area (Å²) in [7, 11) is 5.94. The van der Waals surface area contributed by atoms with Crippen LogP contribution in [0.1, 0.15) is 200 Å². The summed E-state index contributed by atoms with van der Waals surface area (Å²) in [5, 5.41) is 9.69. The number of allylic oxidation sites excluding steroid dienone is 18. The molecule has 0 aliphatic rings. The van der Waals surface area contributed by atoms with E-state index < -0.39 is 24.3 Å². The van der Waals surface area contributed by atoms with Gasteiger partial charge in [-0.2, -0.15) is 0 Å². The second-order valence-corrected chi connectivity index (χ2v) is 19.2. The minimum atomic E-state index is -1.53. The van der Waals surface area contributed by atoms with Gasteiger partial charge in [-0.15, -0.1) is 0 Å². The highest BCUT2D eigenvalue weighted by atomic mass is 16.7. The molecule has 0 aliphatic carbocycles. The first kappa shape index (κ1) is 66.0. The normalized spacial score (nSPS) is 13.7. The summed E-state index contributed by atoms with van der Waals surface area (Å²) in [6, 6.07) is 0. The van der Waals surface area contributed by atoms with Crippen LogP contribution in [0.3, 0.4) is 0 Å². The lowest BCUT2D eigenvalue weighted by Gasteiger charge is -2.25. The van der Waals surface area contributed by atoms with Crippen LogP contribution in [0.25, 0.3) is 0 Å². The molecule has 0 aromatic heterocycles. The Bertz CT molecular complexity index is 1510. The molecule has 0 saturated heterocycles. The molecule has 0 radical (unpaired) electrons. The number of quaternary nitrogens is 1. The summed E-state index contributed by atoms with van der Waals surface area (Å²) < 4.78 is 22.8. The minimum absolute atomic E-state index is 0.172. The Labute approximate surface area is 428 Å². The Morgan fingerprint density at radius 1 is 0.443 bits per heavy atom. The summed E-state index contributed by atoms with van der Waals surface area (Å²) in [5.74, 6) is -2.08. The first-order valence-corrected chi connectivity index (χ1v) is 27.6. The van der Waals surface area contributed by atoms with Crippen molar-refractivity contribution in [2.24, 2.45) is 0 Å². The monoisotopic (exact) mass is 977 g/mol. The summed E-state index contributed by atoms with van der Waals surface area (Å²) in [4.78, 5) is 37.3. The molecule has 1 N–H and O–H groups in total. The molecule has 398 valence electrons. The molecule has 0 bridgehead atoms. The molecule has 0 rings (SSSR count). The van der Waals surface area contributed by atoms with Gasteiger partial charge in [-0.25, -0.2) is 4.79 Å². The van der Waals surface area contributed by atoms with E-state index in [2.05, 4.69) is 123 Å². The fourth-order valence-corrected chi connectivity index (χ4v) is 7.02. The molecule has 2 unspecified atom stereocenters. The third kappa shape index (κ3) is 51.8. The van der Waals surface area contributed by atoms with Crippen LogP contribution in [0, 0.1) is 0 Å². The molecule has 70 heavy (non-hydrogen) atoms. The fraction of sp³-hybridized carbons (Fsp3) is 0.656. The number of nitrogens with zero attached hydrogens (tertiary/aromatic N) is 1. The van der Waals surface area contributed by atoms with E-state index in [0.29, 0.717) is 17.4 Å². The SMILES string of the molecule is CC/C=C\C/C=C\C/C=C\C/C=C\C/C=C\C/C=C\C/C=C\C/C=C\CCCCC(=O)OC(COC(=O)CCCCCCCCC/C=C\CCCCCCCCC)COC(OCC[N+](C)(C)C)C(=O)O. The van der Waals surface area contributed by atoms with Gasteiger partial charge in [0.25, 0.3) is 6.29 Å². The number of aliphatic carboxylic acids is 1. The van der Waals surface area contributed by atoms with Gasteiger partial charge in [0, 0.05) is 12.8 Å². The molecular weight excluding hydrogens is 875 g/mol. The topological polar surface area (TPSA) is 108 Å². The lowest BCUT2D eigenvalue weighted by Crippen LogP contribution is -2.40. The Kier molecular flexibility index (Phi) is 48.3. The fourth-order valence-electron chi connectivity index (χ4n) is 7.02. The van der Waals surface area contributed by atoms with Crippen molar-refractivity contribution >= 4 is 17.9 Å². The van der Waals surface area contributed by atoms with Crippen molar-refractivity contribution in [2.75, 3.05) is 47.5 Å². The molecule has 0 aliphatic heterocycles. The Hall–Kier alpha value is -4.05. The molecule has 9 heteroatoms. The summed E-state index contributed by atoms with van der Waals surface area (Å²) in [6.07, 6.45) is 67.3. The first-order valence-electron chi connectivity index (χ1n) is 27.6. The van der Waals surface area contributed by atoms with Gasteiger partial charge in [-0.05, 0) is 103 Å². The maximum Gasteiger partial charge on any atom is 0.361 e. The van der Waals surface area contributed by atoms with Gasteiger partial charge in [-0.1, -0.05) is 194 Å². The van der Waals surface area contributed by atoms with E-state index in [1.54, 1.807) is 0 Å². The van der Waals surface area contributed by atoms with Crippen LogP contribution >= 0.6 is 0 Å². The molecule has 0 aromatic carbocycles. The minimum Gasteiger partial charge on any atom is -0.477 e. The van der Waals surface area contributed by atoms with Crippen molar-refractivity contribution in [1.82, 2.24) is 0 Å². The van der Waals surface area contributed by atoms with E-state index in [4.69, 9.17) is 18.9 Å². The van der Waals surface area contributed by atoms with Gasteiger partial charge in [0.15, 0.2) is 6.10 Å². The highest BCUT2D eigenvalue weighted by Gasteiger charge is 2.25. The summed E-state index contributed by atoms with van der Waals surface area (Å²) in [6.45, 7) is 4.69. The molecular formula is C61H102NO8+. The number of likely N-dealkylation sites (N-methyl/N-ethyl adjacent to an activating group) is 1. The van der Waals surface area contributed by atoms with Gasteiger partial charge >= 0.3 is 17.9 Å². The molecule has 9 nitrogen and oxygen atoms in total. The maximum absolute atomic E-state index is 12.8. The zero-order chi connectivity index (χ0) is 51.3. The largest absolute Gasteiger partial charge is 0.477 e. The Morgan fingerprint density at radius 2 is 0.814 bits per heavy atom. The van der Waals surface area contributed by atoms with E-state index >= 15 is 0 Å². The summed E-state index contributed by atoms with van der Waals surface area (Å²) in [5.41, 5.74) is 0. The van der Waals surface area contributed by atoms with E-state index in [1.807, 2.05) is 21.1 Å². The molecule has 2 atom stereocenters. The average Bonchev–Trinajstić information content (AvgIpc) is 3.33. The quantitative estimate of drug-likeness (QED) is 0.0211. The van der Waals surface area contributed by atoms with Crippen molar-refractivity contribution in [2.45, 2.75) is 212 Å². The van der Waals surface area contributed by atoms with Gasteiger partial charge in [0.05, 0.1) is 34.4 Å². The number of carboxylic acid groups (broad SMARTS) is 1. The first-order chi connectivity index (χ1) is 34.1. The van der Waals surface area contributed by atoms with Crippen LogP contribution in [0.4, 0.5) is 0 Å². The number of carbonyl (C=O) groups excluding carboxylic acids is 2. The Morgan fingerprint density at radius 3 is 1.26 bits per heavy atom. The summed E-state index contributed by atoms with van der Waals surface area (Å²) >= 11 is 0. The van der Waals surface area contributed by atoms with Crippen LogP contribution in [0.2, 0.25) is 0 Å². The predicted molar refractivity (Wildman–Crippen MR) is 295 cm³/mol. The number of unbranched alkanes of at least 4 members (excludes halogenated alkanes) is 16. The molecule has 0 spiro atoms. The van der Waals surface area contributed by atoms with Crippen molar-refractivity contribution in [1.29, 1.82) is 0 Å². The Balaban J connectivity index is 4.43. The molecule has 0 fully saturated rings. The van der Waals surface area contributed by atoms with E-state index in [-0.39, 0.29) is 38.6 Å². The molecule has 0 amide bonds. The number of carbonyl (C=O) groups is 3. The smallest absolute Gasteiger partial charge is 0.361 e. The van der Waals surface area contributed by atoms with Gasteiger partial charge in [0.2, 0.25) is 0 Å². The van der Waals surface area contributed by atoms with Crippen LogP contribution in [0.15, 0.2) is 109 Å². The zero-order valence-corrected chi connectivity index (χ0v) is 45.1. The van der Waals surface area contributed by atoms with Crippen molar-refractivity contribution in [3.8, 4) is 0 Å². The maximum atomic E-state index is 12.8. The van der Waals surface area contributed by atoms with E-state index in [0.717, 1.165) is 96.3 Å². The van der Waals surface area contributed by atoms with Crippen molar-refractivity contribution in [3.63, 3.8) is 0 Å². The van der Waals surface area contributed by atoms with Gasteiger partial charge in [0.1, 0.15) is 13.2 Å². The molecule has 0 aromatic rings.